The van der Waals surface area contributed by atoms with E-state index in [1.54, 1.807) is 12.3 Å². The summed E-state index contributed by atoms with van der Waals surface area (Å²) in [5.74, 6) is -1.37. The van der Waals surface area contributed by atoms with Crippen molar-refractivity contribution >= 4 is 21.9 Å². The number of aryl methyl sites for hydroxylation is 1. The van der Waals surface area contributed by atoms with E-state index < -0.39 is 11.9 Å². The number of aliphatic carboxylic acids is 1. The quantitative estimate of drug-likeness (QED) is 0.937. The van der Waals surface area contributed by atoms with Crippen LogP contribution in [0.15, 0.2) is 47.1 Å². The molecule has 0 spiro atoms. The molecule has 2 rings (SSSR count). The molecule has 1 atom stereocenters. The number of halogens is 1. The summed E-state index contributed by atoms with van der Waals surface area (Å²) in [5.41, 5.74) is 2.61. The molecule has 0 aliphatic heterocycles. The fraction of sp³-hybridized carbons (Fsp3) is 0.200. The van der Waals surface area contributed by atoms with Gasteiger partial charge in [0, 0.05) is 16.4 Å². The van der Waals surface area contributed by atoms with Gasteiger partial charge in [-0.1, -0.05) is 34.1 Å². The zero-order valence-corrected chi connectivity index (χ0v) is 12.1. The van der Waals surface area contributed by atoms with Crippen molar-refractivity contribution in [2.24, 2.45) is 0 Å². The molecule has 4 heteroatoms. The molecule has 1 aromatic carbocycles. The molecule has 1 unspecified atom stereocenters. The highest BCUT2D eigenvalue weighted by Gasteiger charge is 2.21. The highest BCUT2D eigenvalue weighted by atomic mass is 79.9. The van der Waals surface area contributed by atoms with Crippen LogP contribution in [0.5, 0.6) is 0 Å². The van der Waals surface area contributed by atoms with E-state index in [1.807, 2.05) is 37.3 Å². The van der Waals surface area contributed by atoms with Gasteiger partial charge in [0.1, 0.15) is 0 Å². The van der Waals surface area contributed by atoms with Crippen LogP contribution in [0.3, 0.4) is 0 Å². The number of carboxylic acids is 1. The van der Waals surface area contributed by atoms with Gasteiger partial charge in [-0.3, -0.25) is 9.78 Å². The molecule has 0 aliphatic carbocycles. The van der Waals surface area contributed by atoms with E-state index in [-0.39, 0.29) is 0 Å². The van der Waals surface area contributed by atoms with Gasteiger partial charge in [0.25, 0.3) is 0 Å². The van der Waals surface area contributed by atoms with Crippen LogP contribution in [0, 0.1) is 6.92 Å². The zero-order valence-electron chi connectivity index (χ0n) is 10.5. The highest BCUT2D eigenvalue weighted by Crippen LogP contribution is 2.25. The summed E-state index contributed by atoms with van der Waals surface area (Å²) in [6, 6.07) is 11.3. The standard InChI is InChI=1S/C15H14BrNO2/c1-10-8-11(6-7-17-10)13(15(18)19)9-12-4-2-3-5-14(12)16/h2-8,13H,9H2,1H3,(H,18,19). The lowest BCUT2D eigenvalue weighted by molar-refractivity contribution is -0.138. The predicted molar refractivity (Wildman–Crippen MR) is 77.2 cm³/mol. The molecule has 2 aromatic rings. The maximum atomic E-state index is 11.5. The van der Waals surface area contributed by atoms with Crippen molar-refractivity contribution in [3.8, 4) is 0 Å². The molecule has 0 bridgehead atoms. The van der Waals surface area contributed by atoms with E-state index >= 15 is 0 Å². The van der Waals surface area contributed by atoms with Crippen LogP contribution in [0.25, 0.3) is 0 Å². The second kappa shape index (κ2) is 5.97. The van der Waals surface area contributed by atoms with E-state index in [4.69, 9.17) is 0 Å². The van der Waals surface area contributed by atoms with Crippen LogP contribution in [-0.2, 0) is 11.2 Å². The Hall–Kier alpha value is -1.68. The normalized spacial score (nSPS) is 12.1. The van der Waals surface area contributed by atoms with Gasteiger partial charge in [0.15, 0.2) is 0 Å². The maximum absolute atomic E-state index is 11.5. The molecule has 0 radical (unpaired) electrons. The number of benzene rings is 1. The molecule has 3 nitrogen and oxygen atoms in total. The lowest BCUT2D eigenvalue weighted by Gasteiger charge is -2.14. The van der Waals surface area contributed by atoms with Crippen molar-refractivity contribution in [1.29, 1.82) is 0 Å². The molecule has 0 aliphatic rings. The van der Waals surface area contributed by atoms with Crippen molar-refractivity contribution in [3.05, 3.63) is 63.9 Å². The van der Waals surface area contributed by atoms with Crippen LogP contribution in [-0.4, -0.2) is 16.1 Å². The summed E-state index contributed by atoms with van der Waals surface area (Å²) in [4.78, 5) is 15.6. The summed E-state index contributed by atoms with van der Waals surface area (Å²) >= 11 is 3.46. The van der Waals surface area contributed by atoms with Crippen LogP contribution < -0.4 is 0 Å². The first-order valence-electron chi connectivity index (χ1n) is 5.96. The number of rotatable bonds is 4. The fourth-order valence-corrected chi connectivity index (χ4v) is 2.46. The van der Waals surface area contributed by atoms with Gasteiger partial charge in [0.2, 0.25) is 0 Å². The summed E-state index contributed by atoms with van der Waals surface area (Å²) in [7, 11) is 0. The molecule has 1 N–H and O–H groups in total. The molecule has 1 aromatic heterocycles. The third-order valence-electron chi connectivity index (χ3n) is 3.00. The molecule has 0 saturated carbocycles. The van der Waals surface area contributed by atoms with Crippen LogP contribution in [0.4, 0.5) is 0 Å². The molecule has 0 fully saturated rings. The fourth-order valence-electron chi connectivity index (χ4n) is 2.02. The van der Waals surface area contributed by atoms with Crippen LogP contribution in [0.1, 0.15) is 22.7 Å². The molecule has 0 amide bonds. The maximum Gasteiger partial charge on any atom is 0.311 e. The highest BCUT2D eigenvalue weighted by molar-refractivity contribution is 9.10. The Bertz CT molecular complexity index is 598. The number of pyridine rings is 1. The van der Waals surface area contributed by atoms with Crippen LogP contribution in [0.2, 0.25) is 0 Å². The summed E-state index contributed by atoms with van der Waals surface area (Å²) in [6.07, 6.45) is 2.11. The summed E-state index contributed by atoms with van der Waals surface area (Å²) in [6.45, 7) is 1.86. The average molecular weight is 320 g/mol. The SMILES string of the molecule is Cc1cc(C(Cc2ccccc2Br)C(=O)O)ccn1. The first-order valence-corrected chi connectivity index (χ1v) is 6.76. The lowest BCUT2D eigenvalue weighted by Crippen LogP contribution is -2.15. The van der Waals surface area contributed by atoms with E-state index in [2.05, 4.69) is 20.9 Å². The number of hydrogen-bond donors (Lipinski definition) is 1. The Morgan fingerprint density at radius 1 is 1.37 bits per heavy atom. The number of aromatic nitrogens is 1. The van der Waals surface area contributed by atoms with E-state index in [0.29, 0.717) is 6.42 Å². The van der Waals surface area contributed by atoms with Gasteiger partial charge < -0.3 is 5.11 Å². The lowest BCUT2D eigenvalue weighted by atomic mass is 9.92. The molecule has 98 valence electrons. The predicted octanol–water partition coefficient (Wildman–Crippen LogP) is 3.56. The van der Waals surface area contributed by atoms with E-state index in [9.17, 15) is 9.90 Å². The van der Waals surface area contributed by atoms with Gasteiger partial charge in [-0.15, -0.1) is 0 Å². The van der Waals surface area contributed by atoms with Gasteiger partial charge >= 0.3 is 5.97 Å². The minimum atomic E-state index is -0.818. The van der Waals surface area contributed by atoms with Gasteiger partial charge in [0.05, 0.1) is 5.92 Å². The average Bonchev–Trinajstić information content (AvgIpc) is 2.37. The van der Waals surface area contributed by atoms with Gasteiger partial charge in [-0.2, -0.15) is 0 Å². The van der Waals surface area contributed by atoms with Crippen molar-refractivity contribution in [2.75, 3.05) is 0 Å². The first-order chi connectivity index (χ1) is 9.08. The van der Waals surface area contributed by atoms with Crippen molar-refractivity contribution in [2.45, 2.75) is 19.3 Å². The number of nitrogens with zero attached hydrogens (tertiary/aromatic N) is 1. The number of carbonyl (C=O) groups is 1. The second-order valence-electron chi connectivity index (χ2n) is 4.42. The summed E-state index contributed by atoms with van der Waals surface area (Å²) in [5, 5.41) is 9.43. The van der Waals surface area contributed by atoms with Crippen molar-refractivity contribution in [3.63, 3.8) is 0 Å². The first kappa shape index (κ1) is 13.7. The largest absolute Gasteiger partial charge is 0.481 e. The second-order valence-corrected chi connectivity index (χ2v) is 5.27. The Morgan fingerprint density at radius 3 is 2.74 bits per heavy atom. The van der Waals surface area contributed by atoms with Gasteiger partial charge in [-0.05, 0) is 42.7 Å². The topological polar surface area (TPSA) is 50.2 Å². The summed E-state index contributed by atoms with van der Waals surface area (Å²) < 4.78 is 0.937. The van der Waals surface area contributed by atoms with Crippen LogP contribution >= 0.6 is 15.9 Å². The monoisotopic (exact) mass is 319 g/mol. The molecule has 0 saturated heterocycles. The van der Waals surface area contributed by atoms with E-state index in [0.717, 1.165) is 21.3 Å². The minimum absolute atomic E-state index is 0.459. The third kappa shape index (κ3) is 3.41. The van der Waals surface area contributed by atoms with Crippen molar-refractivity contribution < 1.29 is 9.90 Å². The Kier molecular flexibility index (Phi) is 4.32. The number of carboxylic acid groups (broad SMARTS) is 1. The molecule has 1 heterocycles. The smallest absolute Gasteiger partial charge is 0.311 e. The zero-order chi connectivity index (χ0) is 13.8. The van der Waals surface area contributed by atoms with E-state index in [1.165, 1.54) is 0 Å². The third-order valence-corrected chi connectivity index (χ3v) is 3.78. The molecule has 19 heavy (non-hydrogen) atoms. The minimum Gasteiger partial charge on any atom is -0.481 e. The molecular formula is C15H14BrNO2. The Morgan fingerprint density at radius 2 is 2.11 bits per heavy atom. The number of hydrogen-bond acceptors (Lipinski definition) is 2. The van der Waals surface area contributed by atoms with Gasteiger partial charge in [-0.25, -0.2) is 0 Å². The Balaban J connectivity index is 2.32. The van der Waals surface area contributed by atoms with Crippen molar-refractivity contribution in [1.82, 2.24) is 4.98 Å². The Labute approximate surface area is 120 Å². The molecular weight excluding hydrogens is 306 g/mol.